The van der Waals surface area contributed by atoms with Gasteiger partial charge in [0.15, 0.2) is 0 Å². The van der Waals surface area contributed by atoms with Gasteiger partial charge in [-0.25, -0.2) is 0 Å². The third-order valence-electron chi connectivity index (χ3n) is 4.94. The summed E-state index contributed by atoms with van der Waals surface area (Å²) in [7, 11) is 1.56. The average molecular weight is 355 g/mol. The normalized spacial score (nSPS) is 20.0. The minimum Gasteiger partial charge on any atom is -0.496 e. The van der Waals surface area contributed by atoms with Crippen molar-refractivity contribution in [3.05, 3.63) is 65.2 Å². The second kappa shape index (κ2) is 7.89. The van der Waals surface area contributed by atoms with E-state index < -0.39 is 5.60 Å². The summed E-state index contributed by atoms with van der Waals surface area (Å²) < 4.78 is 11.3. The monoisotopic (exact) mass is 355 g/mol. The summed E-state index contributed by atoms with van der Waals surface area (Å²) in [6, 6.07) is 15.3. The molecule has 0 radical (unpaired) electrons. The van der Waals surface area contributed by atoms with Gasteiger partial charge >= 0.3 is 0 Å². The van der Waals surface area contributed by atoms with E-state index in [1.807, 2.05) is 43.3 Å². The van der Waals surface area contributed by atoms with E-state index in [1.54, 1.807) is 24.1 Å². The van der Waals surface area contributed by atoms with E-state index in [0.717, 1.165) is 11.1 Å². The zero-order valence-electron chi connectivity index (χ0n) is 15.3. The third-order valence-corrected chi connectivity index (χ3v) is 4.94. The molecule has 0 bridgehead atoms. The van der Waals surface area contributed by atoms with Gasteiger partial charge in [0, 0.05) is 13.0 Å². The summed E-state index contributed by atoms with van der Waals surface area (Å²) in [4.78, 5) is 14.8. The van der Waals surface area contributed by atoms with Crippen molar-refractivity contribution in [2.45, 2.75) is 18.9 Å². The SMILES string of the molecule is COc1ccccc1C(=O)N1CCOC(CO)(Cc2ccccc2C)C1. The lowest BCUT2D eigenvalue weighted by atomic mass is 9.90. The van der Waals surface area contributed by atoms with Gasteiger partial charge in [-0.1, -0.05) is 36.4 Å². The van der Waals surface area contributed by atoms with Crippen LogP contribution in [0.2, 0.25) is 0 Å². The minimum absolute atomic E-state index is 0.103. The predicted octanol–water partition coefficient (Wildman–Crippen LogP) is 2.45. The largest absolute Gasteiger partial charge is 0.496 e. The van der Waals surface area contributed by atoms with Crippen molar-refractivity contribution in [2.75, 3.05) is 33.4 Å². The van der Waals surface area contributed by atoms with Crippen molar-refractivity contribution in [1.29, 1.82) is 0 Å². The number of methoxy groups -OCH3 is 1. The van der Waals surface area contributed by atoms with Gasteiger partial charge in [0.05, 0.1) is 32.4 Å². The number of aliphatic hydroxyl groups excluding tert-OH is 1. The molecule has 2 aromatic carbocycles. The topological polar surface area (TPSA) is 59.0 Å². The Morgan fingerprint density at radius 2 is 1.96 bits per heavy atom. The summed E-state index contributed by atoms with van der Waals surface area (Å²) in [6.07, 6.45) is 0.561. The number of rotatable bonds is 5. The van der Waals surface area contributed by atoms with Crippen LogP contribution in [0.5, 0.6) is 5.75 Å². The van der Waals surface area contributed by atoms with Crippen LogP contribution in [-0.4, -0.2) is 54.9 Å². The number of nitrogens with zero attached hydrogens (tertiary/aromatic N) is 1. The maximum Gasteiger partial charge on any atom is 0.257 e. The van der Waals surface area contributed by atoms with Gasteiger partial charge in [-0.05, 0) is 30.2 Å². The number of carbonyl (C=O) groups is 1. The number of ether oxygens (including phenoxy) is 2. The fraction of sp³-hybridized carbons (Fsp3) is 0.381. The van der Waals surface area contributed by atoms with Crippen LogP contribution in [-0.2, 0) is 11.2 Å². The van der Waals surface area contributed by atoms with Crippen molar-refractivity contribution in [2.24, 2.45) is 0 Å². The Bertz CT molecular complexity index is 776. The molecule has 0 aromatic heterocycles. The lowest BCUT2D eigenvalue weighted by Gasteiger charge is -2.42. The second-order valence-corrected chi connectivity index (χ2v) is 6.72. The van der Waals surface area contributed by atoms with Crippen molar-refractivity contribution >= 4 is 5.91 Å². The van der Waals surface area contributed by atoms with Gasteiger partial charge in [-0.15, -0.1) is 0 Å². The Labute approximate surface area is 154 Å². The number of hydrogen-bond donors (Lipinski definition) is 1. The molecule has 1 aliphatic heterocycles. The van der Waals surface area contributed by atoms with Crippen molar-refractivity contribution in [3.8, 4) is 5.75 Å². The van der Waals surface area contributed by atoms with E-state index >= 15 is 0 Å². The summed E-state index contributed by atoms with van der Waals surface area (Å²) in [5, 5.41) is 10.1. The highest BCUT2D eigenvalue weighted by Crippen LogP contribution is 2.27. The lowest BCUT2D eigenvalue weighted by Crippen LogP contribution is -2.56. The Kier molecular flexibility index (Phi) is 5.59. The summed E-state index contributed by atoms with van der Waals surface area (Å²) in [5.74, 6) is 0.450. The van der Waals surface area contributed by atoms with Crippen LogP contribution < -0.4 is 4.74 Å². The molecule has 26 heavy (non-hydrogen) atoms. The molecule has 1 aliphatic rings. The number of carbonyl (C=O) groups excluding carboxylic acids is 1. The van der Waals surface area contributed by atoms with Crippen molar-refractivity contribution in [1.82, 2.24) is 4.90 Å². The molecular formula is C21H25NO4. The highest BCUT2D eigenvalue weighted by molar-refractivity contribution is 5.97. The van der Waals surface area contributed by atoms with Crippen LogP contribution in [0.4, 0.5) is 0 Å². The number of aliphatic hydroxyl groups is 1. The van der Waals surface area contributed by atoms with Crippen LogP contribution in [0.15, 0.2) is 48.5 Å². The molecule has 5 heteroatoms. The Morgan fingerprint density at radius 3 is 2.69 bits per heavy atom. The first-order valence-corrected chi connectivity index (χ1v) is 8.80. The summed E-state index contributed by atoms with van der Waals surface area (Å²) in [5.41, 5.74) is 2.01. The number of benzene rings is 2. The first-order chi connectivity index (χ1) is 12.6. The van der Waals surface area contributed by atoms with Gasteiger partial charge in [-0.3, -0.25) is 4.79 Å². The number of morpholine rings is 1. The van der Waals surface area contributed by atoms with Gasteiger partial charge in [0.1, 0.15) is 11.4 Å². The minimum atomic E-state index is -0.790. The number of hydrogen-bond acceptors (Lipinski definition) is 4. The molecule has 138 valence electrons. The van der Waals surface area contributed by atoms with Crippen molar-refractivity contribution in [3.63, 3.8) is 0 Å². The smallest absolute Gasteiger partial charge is 0.257 e. The summed E-state index contributed by atoms with van der Waals surface area (Å²) >= 11 is 0. The van der Waals surface area contributed by atoms with Crippen LogP contribution in [0.1, 0.15) is 21.5 Å². The van der Waals surface area contributed by atoms with Crippen molar-refractivity contribution < 1.29 is 19.4 Å². The fourth-order valence-electron chi connectivity index (χ4n) is 3.42. The van der Waals surface area contributed by atoms with E-state index in [4.69, 9.17) is 9.47 Å². The molecule has 1 fully saturated rings. The van der Waals surface area contributed by atoms with Crippen LogP contribution in [0, 0.1) is 6.92 Å². The number of amides is 1. The maximum atomic E-state index is 13.0. The predicted molar refractivity (Wildman–Crippen MR) is 99.5 cm³/mol. The number of aryl methyl sites for hydroxylation is 1. The molecular weight excluding hydrogens is 330 g/mol. The second-order valence-electron chi connectivity index (χ2n) is 6.72. The highest BCUT2D eigenvalue weighted by Gasteiger charge is 2.39. The molecule has 1 unspecified atom stereocenters. The molecule has 1 heterocycles. The molecule has 0 aliphatic carbocycles. The Hall–Kier alpha value is -2.37. The van der Waals surface area contributed by atoms with Crippen LogP contribution in [0.25, 0.3) is 0 Å². The van der Waals surface area contributed by atoms with Gasteiger partial charge in [0.2, 0.25) is 0 Å². The van der Waals surface area contributed by atoms with Crippen LogP contribution >= 0.6 is 0 Å². The van der Waals surface area contributed by atoms with E-state index in [2.05, 4.69) is 0 Å². The molecule has 1 N–H and O–H groups in total. The van der Waals surface area contributed by atoms with E-state index in [9.17, 15) is 9.90 Å². The molecule has 2 aromatic rings. The molecule has 3 rings (SSSR count). The zero-order chi connectivity index (χ0) is 18.6. The van der Waals surface area contributed by atoms with E-state index in [1.165, 1.54) is 0 Å². The fourth-order valence-corrected chi connectivity index (χ4v) is 3.42. The van der Waals surface area contributed by atoms with E-state index in [-0.39, 0.29) is 12.5 Å². The first kappa shape index (κ1) is 18.4. The lowest BCUT2D eigenvalue weighted by molar-refractivity contribution is -0.123. The molecule has 1 saturated heterocycles. The molecule has 0 saturated carbocycles. The quantitative estimate of drug-likeness (QED) is 0.895. The third kappa shape index (κ3) is 3.74. The van der Waals surface area contributed by atoms with Gasteiger partial charge < -0.3 is 19.5 Å². The zero-order valence-corrected chi connectivity index (χ0v) is 15.3. The van der Waals surface area contributed by atoms with Crippen LogP contribution in [0.3, 0.4) is 0 Å². The molecule has 0 spiro atoms. The standard InChI is InChI=1S/C21H25NO4/c1-16-7-3-4-8-17(16)13-21(15-23)14-22(11-12-26-21)20(24)18-9-5-6-10-19(18)25-2/h3-10,23H,11-15H2,1-2H3. The average Bonchev–Trinajstić information content (AvgIpc) is 2.69. The van der Waals surface area contributed by atoms with E-state index in [0.29, 0.717) is 37.4 Å². The van der Waals surface area contributed by atoms with Gasteiger partial charge in [0.25, 0.3) is 5.91 Å². The van der Waals surface area contributed by atoms with Gasteiger partial charge in [-0.2, -0.15) is 0 Å². The number of para-hydroxylation sites is 1. The molecule has 1 amide bonds. The maximum absolute atomic E-state index is 13.0. The Morgan fingerprint density at radius 1 is 1.23 bits per heavy atom. The molecule has 5 nitrogen and oxygen atoms in total. The summed E-state index contributed by atoms with van der Waals surface area (Å²) in [6.45, 7) is 3.13. The molecule has 1 atom stereocenters. The Balaban J connectivity index is 1.83. The first-order valence-electron chi connectivity index (χ1n) is 8.80. The highest BCUT2D eigenvalue weighted by atomic mass is 16.5.